The molecule has 0 bridgehead atoms. The average molecular weight is 416 g/mol. The van der Waals surface area contributed by atoms with E-state index in [0.717, 1.165) is 10.6 Å². The molecule has 6 nitrogen and oxygen atoms in total. The third-order valence-electron chi connectivity index (χ3n) is 4.70. The second-order valence-electron chi connectivity index (χ2n) is 6.85. The molecule has 0 radical (unpaired) electrons. The molecule has 1 N–H and O–H groups in total. The van der Waals surface area contributed by atoms with Crippen molar-refractivity contribution in [1.82, 2.24) is 19.7 Å². The van der Waals surface area contributed by atoms with E-state index in [2.05, 4.69) is 46.4 Å². The maximum absolute atomic E-state index is 13.0. The van der Waals surface area contributed by atoms with E-state index in [1.165, 1.54) is 22.9 Å². The number of hydrogen-bond donors (Lipinski definition) is 1. The third kappa shape index (κ3) is 4.58. The second kappa shape index (κ2) is 8.92. The van der Waals surface area contributed by atoms with E-state index in [1.54, 1.807) is 41.5 Å². The first-order valence-electron chi connectivity index (χ1n) is 9.53. The molecule has 3 heterocycles. The highest BCUT2D eigenvalue weighted by Gasteiger charge is 2.16. The van der Waals surface area contributed by atoms with Gasteiger partial charge in [0.05, 0.1) is 24.0 Å². The molecule has 150 valence electrons. The summed E-state index contributed by atoms with van der Waals surface area (Å²) in [6.45, 7) is 4.63. The summed E-state index contributed by atoms with van der Waals surface area (Å²) in [5, 5.41) is 7.92. The highest BCUT2D eigenvalue weighted by Crippen LogP contribution is 2.30. The standard InChI is InChI=1S/C23H21N5OS/c1-16-8-9-19(14-17(16)2)30-23-20(7-5-12-25-23)22(29)27-21-10-13-26-28(21)15-18-6-3-4-11-24-18/h3-14H,15H2,1-2H3,(H,27,29). The van der Waals surface area contributed by atoms with Gasteiger partial charge >= 0.3 is 0 Å². The predicted octanol–water partition coefficient (Wildman–Crippen LogP) is 4.74. The van der Waals surface area contributed by atoms with E-state index in [4.69, 9.17) is 0 Å². The molecule has 30 heavy (non-hydrogen) atoms. The maximum Gasteiger partial charge on any atom is 0.259 e. The lowest BCUT2D eigenvalue weighted by atomic mass is 10.1. The Labute approximate surface area is 179 Å². The number of carbonyl (C=O) groups is 1. The van der Waals surface area contributed by atoms with Crippen molar-refractivity contribution in [2.75, 3.05) is 5.32 Å². The Hall–Kier alpha value is -3.45. The maximum atomic E-state index is 13.0. The number of benzene rings is 1. The molecule has 3 aromatic heterocycles. The minimum absolute atomic E-state index is 0.225. The van der Waals surface area contributed by atoms with E-state index in [1.807, 2.05) is 24.3 Å². The fraction of sp³-hybridized carbons (Fsp3) is 0.130. The van der Waals surface area contributed by atoms with Crippen LogP contribution in [0.1, 0.15) is 27.2 Å². The SMILES string of the molecule is Cc1ccc(Sc2ncccc2C(=O)Nc2ccnn2Cc2ccccn2)cc1C. The molecule has 4 aromatic rings. The molecule has 0 spiro atoms. The lowest BCUT2D eigenvalue weighted by Crippen LogP contribution is -2.17. The van der Waals surface area contributed by atoms with Crippen LogP contribution < -0.4 is 5.32 Å². The van der Waals surface area contributed by atoms with Crippen LogP contribution in [0.25, 0.3) is 0 Å². The molecule has 1 aromatic carbocycles. The molecule has 0 aliphatic heterocycles. The number of aryl methyl sites for hydroxylation is 2. The van der Waals surface area contributed by atoms with Gasteiger partial charge in [-0.25, -0.2) is 9.67 Å². The number of carbonyl (C=O) groups excluding carboxylic acids is 1. The van der Waals surface area contributed by atoms with Gasteiger partial charge in [-0.1, -0.05) is 23.9 Å². The molecular weight excluding hydrogens is 394 g/mol. The smallest absolute Gasteiger partial charge is 0.259 e. The summed E-state index contributed by atoms with van der Waals surface area (Å²) < 4.78 is 1.72. The molecule has 0 saturated heterocycles. The number of amides is 1. The zero-order valence-corrected chi connectivity index (χ0v) is 17.6. The van der Waals surface area contributed by atoms with Crippen LogP contribution >= 0.6 is 11.8 Å². The van der Waals surface area contributed by atoms with Crippen LogP contribution in [0.3, 0.4) is 0 Å². The summed E-state index contributed by atoms with van der Waals surface area (Å²) in [5.74, 6) is 0.383. The highest BCUT2D eigenvalue weighted by molar-refractivity contribution is 7.99. The molecule has 0 atom stereocenters. The summed E-state index contributed by atoms with van der Waals surface area (Å²) in [6, 6.07) is 17.3. The van der Waals surface area contributed by atoms with Crippen molar-refractivity contribution in [3.63, 3.8) is 0 Å². The minimum Gasteiger partial charge on any atom is -0.307 e. The monoisotopic (exact) mass is 415 g/mol. The van der Waals surface area contributed by atoms with Crippen LogP contribution in [0.15, 0.2) is 83.1 Å². The number of aromatic nitrogens is 4. The highest BCUT2D eigenvalue weighted by atomic mass is 32.2. The summed E-state index contributed by atoms with van der Waals surface area (Å²) in [4.78, 5) is 22.8. The molecule has 0 aliphatic rings. The van der Waals surface area contributed by atoms with E-state index < -0.39 is 0 Å². The van der Waals surface area contributed by atoms with Gasteiger partial charge in [0.1, 0.15) is 10.8 Å². The van der Waals surface area contributed by atoms with Gasteiger partial charge in [-0.15, -0.1) is 0 Å². The van der Waals surface area contributed by atoms with Crippen LogP contribution in [-0.4, -0.2) is 25.7 Å². The number of anilines is 1. The molecular formula is C23H21N5OS. The number of nitrogens with one attached hydrogen (secondary N) is 1. The largest absolute Gasteiger partial charge is 0.307 e. The zero-order chi connectivity index (χ0) is 20.9. The van der Waals surface area contributed by atoms with Gasteiger partial charge in [-0.3, -0.25) is 9.78 Å². The molecule has 0 fully saturated rings. The van der Waals surface area contributed by atoms with E-state index in [0.29, 0.717) is 23.0 Å². The summed E-state index contributed by atoms with van der Waals surface area (Å²) in [5.41, 5.74) is 3.83. The predicted molar refractivity (Wildman–Crippen MR) is 118 cm³/mol. The van der Waals surface area contributed by atoms with Gasteiger partial charge in [-0.2, -0.15) is 5.10 Å². The van der Waals surface area contributed by atoms with Gasteiger partial charge in [0.15, 0.2) is 0 Å². The Morgan fingerprint density at radius 3 is 2.63 bits per heavy atom. The third-order valence-corrected chi connectivity index (χ3v) is 5.71. The van der Waals surface area contributed by atoms with Crippen LogP contribution in [0.2, 0.25) is 0 Å². The molecule has 0 aliphatic carbocycles. The number of pyridine rings is 2. The number of rotatable bonds is 6. The van der Waals surface area contributed by atoms with Crippen LogP contribution in [0.5, 0.6) is 0 Å². The van der Waals surface area contributed by atoms with Crippen molar-refractivity contribution in [3.05, 3.63) is 95.6 Å². The topological polar surface area (TPSA) is 72.7 Å². The first kappa shape index (κ1) is 19.8. The molecule has 7 heteroatoms. The Bertz CT molecular complexity index is 1170. The van der Waals surface area contributed by atoms with Crippen molar-refractivity contribution in [2.24, 2.45) is 0 Å². The van der Waals surface area contributed by atoms with E-state index in [-0.39, 0.29) is 5.91 Å². The van der Waals surface area contributed by atoms with Crippen molar-refractivity contribution in [2.45, 2.75) is 30.3 Å². The van der Waals surface area contributed by atoms with Gasteiger partial charge in [-0.05, 0) is 61.4 Å². The first-order chi connectivity index (χ1) is 14.6. The number of nitrogens with zero attached hydrogens (tertiary/aromatic N) is 4. The summed E-state index contributed by atoms with van der Waals surface area (Å²) in [7, 11) is 0. The zero-order valence-electron chi connectivity index (χ0n) is 16.7. The number of hydrogen-bond acceptors (Lipinski definition) is 5. The minimum atomic E-state index is -0.225. The summed E-state index contributed by atoms with van der Waals surface area (Å²) >= 11 is 1.48. The summed E-state index contributed by atoms with van der Waals surface area (Å²) in [6.07, 6.45) is 5.10. The quantitative estimate of drug-likeness (QED) is 0.492. The van der Waals surface area contributed by atoms with Crippen molar-refractivity contribution in [1.29, 1.82) is 0 Å². The van der Waals surface area contributed by atoms with Crippen LogP contribution in [0.4, 0.5) is 5.82 Å². The molecule has 0 unspecified atom stereocenters. The fourth-order valence-electron chi connectivity index (χ4n) is 2.93. The average Bonchev–Trinajstić information content (AvgIpc) is 3.18. The van der Waals surface area contributed by atoms with Crippen LogP contribution in [0, 0.1) is 13.8 Å². The molecule has 0 saturated carbocycles. The molecule has 1 amide bonds. The second-order valence-corrected chi connectivity index (χ2v) is 7.92. The first-order valence-corrected chi connectivity index (χ1v) is 10.3. The Morgan fingerprint density at radius 2 is 1.83 bits per heavy atom. The van der Waals surface area contributed by atoms with E-state index in [9.17, 15) is 4.79 Å². The molecule has 4 rings (SSSR count). The normalized spacial score (nSPS) is 10.7. The Morgan fingerprint density at radius 1 is 0.967 bits per heavy atom. The van der Waals surface area contributed by atoms with Gasteiger partial charge in [0.2, 0.25) is 0 Å². The van der Waals surface area contributed by atoms with Gasteiger partial charge in [0.25, 0.3) is 5.91 Å². The Kier molecular flexibility index (Phi) is 5.90. The lowest BCUT2D eigenvalue weighted by molar-refractivity contribution is 0.102. The van der Waals surface area contributed by atoms with Gasteiger partial charge in [0, 0.05) is 23.4 Å². The van der Waals surface area contributed by atoms with Crippen molar-refractivity contribution < 1.29 is 4.79 Å². The lowest BCUT2D eigenvalue weighted by Gasteiger charge is -2.11. The van der Waals surface area contributed by atoms with Crippen molar-refractivity contribution >= 4 is 23.5 Å². The van der Waals surface area contributed by atoms with Crippen LogP contribution in [-0.2, 0) is 6.54 Å². The van der Waals surface area contributed by atoms with Crippen molar-refractivity contribution in [3.8, 4) is 0 Å². The fourth-order valence-corrected chi connectivity index (χ4v) is 3.91. The van der Waals surface area contributed by atoms with Gasteiger partial charge < -0.3 is 5.32 Å². The Balaban J connectivity index is 1.54. The van der Waals surface area contributed by atoms with E-state index >= 15 is 0 Å².